The Balaban J connectivity index is 1.79. The lowest BCUT2D eigenvalue weighted by Gasteiger charge is -2.29. The monoisotopic (exact) mass is 290 g/mol. The van der Waals surface area contributed by atoms with Gasteiger partial charge in [0.05, 0.1) is 0 Å². The lowest BCUT2D eigenvalue weighted by Crippen LogP contribution is -2.30. The van der Waals surface area contributed by atoms with E-state index in [1.165, 1.54) is 43.6 Å². The van der Waals surface area contributed by atoms with Crippen LogP contribution >= 0.6 is 0 Å². The van der Waals surface area contributed by atoms with Crippen molar-refractivity contribution < 1.29 is 5.11 Å². The Morgan fingerprint density at radius 1 is 1.10 bits per heavy atom. The minimum atomic E-state index is 0.155. The molecule has 0 amide bonds. The van der Waals surface area contributed by atoms with Crippen LogP contribution in [0.3, 0.4) is 0 Å². The largest absolute Gasteiger partial charge is 0.396 e. The topological polar surface area (TPSA) is 35.5 Å². The standard InChI is InChI=1S/C18H30N2O/c1-18(2,10-13-21)15-19-14-16-6-8-17(9-7-16)20-11-4-3-5-12-20/h6-9,19,21H,3-5,10-15H2,1-2H3. The van der Waals surface area contributed by atoms with Gasteiger partial charge in [-0.25, -0.2) is 0 Å². The van der Waals surface area contributed by atoms with Crippen molar-refractivity contribution in [2.45, 2.75) is 46.1 Å². The first-order valence-electron chi connectivity index (χ1n) is 8.26. The summed E-state index contributed by atoms with van der Waals surface area (Å²) in [6.45, 7) is 8.88. The minimum Gasteiger partial charge on any atom is -0.396 e. The molecule has 3 heteroatoms. The third kappa shape index (κ3) is 5.33. The molecule has 0 radical (unpaired) electrons. The number of rotatable bonds is 7. The molecule has 0 atom stereocenters. The molecule has 1 aromatic carbocycles. The highest BCUT2D eigenvalue weighted by Crippen LogP contribution is 2.21. The van der Waals surface area contributed by atoms with Crippen LogP contribution in [0.25, 0.3) is 0 Å². The smallest absolute Gasteiger partial charge is 0.0436 e. The molecular formula is C18H30N2O. The van der Waals surface area contributed by atoms with Gasteiger partial charge in [-0.2, -0.15) is 0 Å². The molecule has 1 aliphatic rings. The van der Waals surface area contributed by atoms with Crippen molar-refractivity contribution in [3.8, 4) is 0 Å². The zero-order valence-electron chi connectivity index (χ0n) is 13.6. The van der Waals surface area contributed by atoms with Crippen molar-refractivity contribution in [1.29, 1.82) is 0 Å². The minimum absolute atomic E-state index is 0.155. The third-order valence-corrected chi connectivity index (χ3v) is 4.38. The summed E-state index contributed by atoms with van der Waals surface area (Å²) >= 11 is 0. The van der Waals surface area contributed by atoms with Crippen LogP contribution < -0.4 is 10.2 Å². The summed E-state index contributed by atoms with van der Waals surface area (Å²) in [7, 11) is 0. The van der Waals surface area contributed by atoms with Crippen molar-refractivity contribution in [1.82, 2.24) is 5.32 Å². The van der Waals surface area contributed by atoms with Gasteiger partial charge >= 0.3 is 0 Å². The van der Waals surface area contributed by atoms with E-state index in [1.807, 2.05) is 0 Å². The summed E-state index contributed by atoms with van der Waals surface area (Å²) < 4.78 is 0. The Bertz CT molecular complexity index is 408. The Kier molecular flexibility index (Phi) is 6.07. The molecule has 1 saturated heterocycles. The average molecular weight is 290 g/mol. The highest BCUT2D eigenvalue weighted by atomic mass is 16.3. The second-order valence-electron chi connectivity index (χ2n) is 6.96. The maximum Gasteiger partial charge on any atom is 0.0436 e. The molecule has 1 aliphatic heterocycles. The van der Waals surface area contributed by atoms with E-state index in [0.29, 0.717) is 0 Å². The maximum absolute atomic E-state index is 9.04. The summed E-state index contributed by atoms with van der Waals surface area (Å²) in [5, 5.41) is 12.5. The summed E-state index contributed by atoms with van der Waals surface area (Å²) in [6.07, 6.45) is 4.86. The van der Waals surface area contributed by atoms with Gasteiger partial charge in [0.1, 0.15) is 0 Å². The second-order valence-corrected chi connectivity index (χ2v) is 6.96. The number of piperidine rings is 1. The van der Waals surface area contributed by atoms with Crippen molar-refractivity contribution in [3.63, 3.8) is 0 Å². The van der Waals surface area contributed by atoms with E-state index in [0.717, 1.165) is 19.5 Å². The summed E-state index contributed by atoms with van der Waals surface area (Å²) in [5.74, 6) is 0. The molecule has 118 valence electrons. The maximum atomic E-state index is 9.04. The number of aliphatic hydroxyl groups excluding tert-OH is 1. The van der Waals surface area contributed by atoms with Crippen LogP contribution in [0.4, 0.5) is 5.69 Å². The molecule has 0 bridgehead atoms. The first kappa shape index (κ1) is 16.3. The Hall–Kier alpha value is -1.06. The average Bonchev–Trinajstić information content (AvgIpc) is 2.48. The molecular weight excluding hydrogens is 260 g/mol. The highest BCUT2D eigenvalue weighted by Gasteiger charge is 2.16. The predicted octanol–water partition coefficient (Wildman–Crippen LogP) is 3.18. The molecule has 0 aromatic heterocycles. The first-order valence-corrected chi connectivity index (χ1v) is 8.26. The number of hydrogen-bond acceptors (Lipinski definition) is 3. The zero-order valence-corrected chi connectivity index (χ0v) is 13.6. The molecule has 0 saturated carbocycles. The number of benzene rings is 1. The molecule has 0 unspecified atom stereocenters. The second kappa shape index (κ2) is 7.81. The van der Waals surface area contributed by atoms with Crippen molar-refractivity contribution in [3.05, 3.63) is 29.8 Å². The van der Waals surface area contributed by atoms with Gasteiger partial charge in [0.15, 0.2) is 0 Å². The van der Waals surface area contributed by atoms with Crippen LogP contribution in [0, 0.1) is 5.41 Å². The third-order valence-electron chi connectivity index (χ3n) is 4.38. The van der Waals surface area contributed by atoms with Crippen LogP contribution in [0.5, 0.6) is 0 Å². The summed E-state index contributed by atoms with van der Waals surface area (Å²) in [5.41, 5.74) is 2.84. The van der Waals surface area contributed by atoms with Gasteiger partial charge in [0, 0.05) is 38.5 Å². The van der Waals surface area contributed by atoms with Crippen molar-refractivity contribution in [2.24, 2.45) is 5.41 Å². The van der Waals surface area contributed by atoms with Crippen molar-refractivity contribution >= 4 is 5.69 Å². The van der Waals surface area contributed by atoms with E-state index in [1.54, 1.807) is 0 Å². The summed E-state index contributed by atoms with van der Waals surface area (Å²) in [4.78, 5) is 2.49. The van der Waals surface area contributed by atoms with Gasteiger partial charge < -0.3 is 15.3 Å². The van der Waals surface area contributed by atoms with Gasteiger partial charge in [0.2, 0.25) is 0 Å². The van der Waals surface area contributed by atoms with E-state index in [2.05, 4.69) is 48.3 Å². The van der Waals surface area contributed by atoms with Gasteiger partial charge in [-0.15, -0.1) is 0 Å². The fraction of sp³-hybridized carbons (Fsp3) is 0.667. The van der Waals surface area contributed by atoms with E-state index in [9.17, 15) is 0 Å². The van der Waals surface area contributed by atoms with E-state index >= 15 is 0 Å². The normalized spacial score (nSPS) is 16.2. The number of anilines is 1. The van der Waals surface area contributed by atoms with Crippen LogP contribution in [0.2, 0.25) is 0 Å². The van der Waals surface area contributed by atoms with Gasteiger partial charge in [0.25, 0.3) is 0 Å². The number of nitrogens with one attached hydrogen (secondary N) is 1. The van der Waals surface area contributed by atoms with E-state index < -0.39 is 0 Å². The van der Waals surface area contributed by atoms with E-state index in [-0.39, 0.29) is 12.0 Å². The Morgan fingerprint density at radius 3 is 2.38 bits per heavy atom. The van der Waals surface area contributed by atoms with Crippen LogP contribution in [0.15, 0.2) is 24.3 Å². The molecule has 0 aliphatic carbocycles. The summed E-state index contributed by atoms with van der Waals surface area (Å²) in [6, 6.07) is 8.97. The van der Waals surface area contributed by atoms with Crippen LogP contribution in [0.1, 0.15) is 45.1 Å². The number of aliphatic hydroxyl groups is 1. The van der Waals surface area contributed by atoms with Crippen LogP contribution in [-0.2, 0) is 6.54 Å². The molecule has 3 nitrogen and oxygen atoms in total. The molecule has 2 N–H and O–H groups in total. The molecule has 1 fully saturated rings. The quantitative estimate of drug-likeness (QED) is 0.809. The van der Waals surface area contributed by atoms with Crippen molar-refractivity contribution in [2.75, 3.05) is 31.1 Å². The fourth-order valence-electron chi connectivity index (χ4n) is 2.91. The first-order chi connectivity index (χ1) is 10.1. The molecule has 1 heterocycles. The van der Waals surface area contributed by atoms with Gasteiger partial charge in [-0.05, 0) is 48.8 Å². The highest BCUT2D eigenvalue weighted by molar-refractivity contribution is 5.47. The SMILES string of the molecule is CC(C)(CCO)CNCc1ccc(N2CCCCC2)cc1. The van der Waals surface area contributed by atoms with Gasteiger partial charge in [-0.3, -0.25) is 0 Å². The fourth-order valence-corrected chi connectivity index (χ4v) is 2.91. The number of nitrogens with zero attached hydrogens (tertiary/aromatic N) is 1. The number of hydrogen-bond donors (Lipinski definition) is 2. The van der Waals surface area contributed by atoms with Crippen LogP contribution in [-0.4, -0.2) is 31.3 Å². The zero-order chi connectivity index (χ0) is 15.1. The lowest BCUT2D eigenvalue weighted by atomic mass is 9.90. The Morgan fingerprint density at radius 2 is 1.76 bits per heavy atom. The van der Waals surface area contributed by atoms with Gasteiger partial charge in [-0.1, -0.05) is 26.0 Å². The molecule has 21 heavy (non-hydrogen) atoms. The molecule has 2 rings (SSSR count). The predicted molar refractivity (Wildman–Crippen MR) is 89.7 cm³/mol. The molecule has 1 aromatic rings. The van der Waals surface area contributed by atoms with E-state index in [4.69, 9.17) is 5.11 Å². The molecule has 0 spiro atoms. The lowest BCUT2D eigenvalue weighted by molar-refractivity contribution is 0.207. The Labute approximate surface area is 129 Å².